The van der Waals surface area contributed by atoms with Crippen LogP contribution < -0.4 is 0 Å². The maximum Gasteiger partial charge on any atom is 0.308 e. The summed E-state index contributed by atoms with van der Waals surface area (Å²) in [5.74, 6) is 0.248. The Kier molecular flexibility index (Phi) is 41.3. The summed E-state index contributed by atoms with van der Waals surface area (Å²) in [7, 11) is 0. The molecule has 0 saturated carbocycles. The first kappa shape index (κ1) is 52.4. The summed E-state index contributed by atoms with van der Waals surface area (Å²) in [4.78, 5) is 28.7. The summed E-state index contributed by atoms with van der Waals surface area (Å²) in [5.41, 5.74) is 0. The Hall–Kier alpha value is -1.61. The smallest absolute Gasteiger partial charge is 0.308 e. The topological polar surface area (TPSA) is 79.6 Å². The SMILES string of the molecule is CCCCCCCCC(CCCCCC)C(=O)OCCCCCCN(CCCCCC#N)CCCCOC(=O)C(CCCCCC)CCCCCCCC. The summed E-state index contributed by atoms with van der Waals surface area (Å²) >= 11 is 0. The van der Waals surface area contributed by atoms with Gasteiger partial charge in [0.25, 0.3) is 0 Å². The molecule has 0 aliphatic heterocycles. The van der Waals surface area contributed by atoms with Crippen molar-refractivity contribution in [2.24, 2.45) is 11.8 Å². The summed E-state index contributed by atoms with van der Waals surface area (Å²) in [6.07, 6.45) is 38.9. The zero-order valence-electron chi connectivity index (χ0n) is 36.8. The van der Waals surface area contributed by atoms with Crippen molar-refractivity contribution < 1.29 is 19.1 Å². The van der Waals surface area contributed by atoms with Crippen LogP contribution in [0.4, 0.5) is 0 Å². The lowest BCUT2D eigenvalue weighted by Crippen LogP contribution is -2.27. The number of hydrogen-bond acceptors (Lipinski definition) is 6. The fourth-order valence-corrected chi connectivity index (χ4v) is 7.60. The third kappa shape index (κ3) is 34.8. The van der Waals surface area contributed by atoms with Crippen molar-refractivity contribution in [3.05, 3.63) is 0 Å². The van der Waals surface area contributed by atoms with Gasteiger partial charge in [0.2, 0.25) is 0 Å². The molecular weight excluding hydrogens is 669 g/mol. The molecule has 0 heterocycles. The Morgan fingerprint density at radius 1 is 0.426 bits per heavy atom. The molecular formula is C48H92N2O4. The van der Waals surface area contributed by atoms with E-state index < -0.39 is 0 Å². The number of carbonyl (C=O) groups is 2. The van der Waals surface area contributed by atoms with Gasteiger partial charge in [0.15, 0.2) is 0 Å². The highest BCUT2D eigenvalue weighted by molar-refractivity contribution is 5.72. The maximum atomic E-state index is 13.1. The summed E-state index contributed by atoms with van der Waals surface area (Å²) in [6, 6.07) is 2.27. The minimum Gasteiger partial charge on any atom is -0.465 e. The maximum absolute atomic E-state index is 13.1. The number of unbranched alkanes of at least 4 members (excludes halogenated alkanes) is 23. The number of esters is 2. The molecule has 318 valence electrons. The van der Waals surface area contributed by atoms with Crippen LogP contribution in [0.15, 0.2) is 0 Å². The molecule has 0 N–H and O–H groups in total. The van der Waals surface area contributed by atoms with Crippen molar-refractivity contribution in [1.82, 2.24) is 4.90 Å². The van der Waals surface area contributed by atoms with E-state index in [2.05, 4.69) is 38.7 Å². The fourth-order valence-electron chi connectivity index (χ4n) is 7.60. The van der Waals surface area contributed by atoms with Crippen molar-refractivity contribution in [2.45, 2.75) is 246 Å². The number of rotatable bonds is 43. The van der Waals surface area contributed by atoms with Crippen LogP contribution in [0.3, 0.4) is 0 Å². The quantitative estimate of drug-likeness (QED) is 0.0455. The zero-order chi connectivity index (χ0) is 39.6. The first-order valence-corrected chi connectivity index (χ1v) is 24.0. The van der Waals surface area contributed by atoms with Gasteiger partial charge in [0.05, 0.1) is 31.1 Å². The molecule has 0 fully saturated rings. The molecule has 0 radical (unpaired) electrons. The third-order valence-corrected chi connectivity index (χ3v) is 11.3. The second-order valence-corrected chi connectivity index (χ2v) is 16.5. The molecule has 0 aromatic heterocycles. The molecule has 0 bridgehead atoms. The van der Waals surface area contributed by atoms with Crippen LogP contribution >= 0.6 is 0 Å². The predicted octanol–water partition coefficient (Wildman–Crippen LogP) is 14.5. The molecule has 0 amide bonds. The molecule has 6 heteroatoms. The first-order chi connectivity index (χ1) is 26.5. The lowest BCUT2D eigenvalue weighted by Gasteiger charge is -2.22. The van der Waals surface area contributed by atoms with Crippen LogP contribution in [0.5, 0.6) is 0 Å². The van der Waals surface area contributed by atoms with Gasteiger partial charge in [-0.1, -0.05) is 175 Å². The lowest BCUT2D eigenvalue weighted by atomic mass is 9.94. The Morgan fingerprint density at radius 2 is 0.722 bits per heavy atom. The van der Waals surface area contributed by atoms with Crippen LogP contribution in [0, 0.1) is 23.2 Å². The van der Waals surface area contributed by atoms with Crippen molar-refractivity contribution >= 4 is 11.9 Å². The second kappa shape index (κ2) is 42.5. The van der Waals surface area contributed by atoms with Crippen molar-refractivity contribution in [1.29, 1.82) is 5.26 Å². The molecule has 0 spiro atoms. The van der Waals surface area contributed by atoms with Crippen molar-refractivity contribution in [3.63, 3.8) is 0 Å². The second-order valence-electron chi connectivity index (χ2n) is 16.5. The standard InChI is InChI=1S/C48H92N2O4/c1-5-9-13-17-19-27-37-45(35-25-15-11-7-3)47(51)53-43-33-24-23-31-41-50(40-30-22-21-29-39-49)42-32-34-44-54-48(52)46(36-26-16-12-8-4)38-28-20-18-14-10-6-2/h45-46H,5-38,40-44H2,1-4H3. The highest BCUT2D eigenvalue weighted by atomic mass is 16.5. The summed E-state index contributed by atoms with van der Waals surface area (Å²) in [5, 5.41) is 8.92. The van der Waals surface area contributed by atoms with Crippen LogP contribution in [-0.2, 0) is 19.1 Å². The van der Waals surface area contributed by atoms with Gasteiger partial charge in [-0.05, 0) is 83.8 Å². The minimum atomic E-state index is 0.0420. The average molecular weight is 761 g/mol. The predicted molar refractivity (Wildman–Crippen MR) is 231 cm³/mol. The molecule has 6 nitrogen and oxygen atoms in total. The van der Waals surface area contributed by atoms with E-state index in [4.69, 9.17) is 14.7 Å². The van der Waals surface area contributed by atoms with Crippen LogP contribution in [0.2, 0.25) is 0 Å². The highest BCUT2D eigenvalue weighted by Gasteiger charge is 2.20. The minimum absolute atomic E-state index is 0.0420. The molecule has 2 unspecified atom stereocenters. The number of hydrogen-bond donors (Lipinski definition) is 0. The molecule has 0 aliphatic carbocycles. The van der Waals surface area contributed by atoms with Gasteiger partial charge in [-0.15, -0.1) is 0 Å². The van der Waals surface area contributed by atoms with E-state index in [1.54, 1.807) is 0 Å². The monoisotopic (exact) mass is 761 g/mol. The van der Waals surface area contributed by atoms with Gasteiger partial charge in [-0.25, -0.2) is 0 Å². The van der Waals surface area contributed by atoms with Gasteiger partial charge >= 0.3 is 11.9 Å². The van der Waals surface area contributed by atoms with E-state index in [1.807, 2.05) is 0 Å². The van der Waals surface area contributed by atoms with Crippen LogP contribution in [0.1, 0.15) is 246 Å². The Balaban J connectivity index is 4.58. The van der Waals surface area contributed by atoms with Crippen molar-refractivity contribution in [2.75, 3.05) is 32.8 Å². The normalized spacial score (nSPS) is 12.5. The fraction of sp³-hybridized carbons (Fsp3) is 0.938. The Morgan fingerprint density at radius 3 is 1.13 bits per heavy atom. The van der Waals surface area contributed by atoms with Gasteiger partial charge in [0.1, 0.15) is 0 Å². The number of nitriles is 1. The van der Waals surface area contributed by atoms with Crippen molar-refractivity contribution in [3.8, 4) is 6.07 Å². The van der Waals surface area contributed by atoms with E-state index in [9.17, 15) is 9.59 Å². The molecule has 2 atom stereocenters. The number of ether oxygens (including phenoxy) is 2. The average Bonchev–Trinajstić information content (AvgIpc) is 3.17. The molecule has 54 heavy (non-hydrogen) atoms. The van der Waals surface area contributed by atoms with Gasteiger partial charge in [0, 0.05) is 6.42 Å². The molecule has 0 rings (SSSR count). The Bertz CT molecular complexity index is 843. The van der Waals surface area contributed by atoms with E-state index in [0.717, 1.165) is 129 Å². The van der Waals surface area contributed by atoms with E-state index >= 15 is 0 Å². The Labute approximate surface area is 337 Å². The van der Waals surface area contributed by atoms with Crippen LogP contribution in [-0.4, -0.2) is 49.7 Å². The highest BCUT2D eigenvalue weighted by Crippen LogP contribution is 2.22. The van der Waals surface area contributed by atoms with Crippen LogP contribution in [0.25, 0.3) is 0 Å². The van der Waals surface area contributed by atoms with Gasteiger partial charge in [-0.2, -0.15) is 5.26 Å². The number of nitrogens with zero attached hydrogens (tertiary/aromatic N) is 2. The van der Waals surface area contributed by atoms with Gasteiger partial charge < -0.3 is 14.4 Å². The van der Waals surface area contributed by atoms with E-state index in [0.29, 0.717) is 19.6 Å². The number of carbonyl (C=O) groups excluding carboxylic acids is 2. The van der Waals surface area contributed by atoms with E-state index in [1.165, 1.54) is 103 Å². The molecule has 0 aliphatic rings. The lowest BCUT2D eigenvalue weighted by molar-refractivity contribution is -0.150. The molecule has 0 aromatic carbocycles. The molecule has 0 aromatic rings. The third-order valence-electron chi connectivity index (χ3n) is 11.3. The van der Waals surface area contributed by atoms with E-state index in [-0.39, 0.29) is 23.8 Å². The summed E-state index contributed by atoms with van der Waals surface area (Å²) in [6.45, 7) is 13.3. The zero-order valence-corrected chi connectivity index (χ0v) is 36.8. The summed E-state index contributed by atoms with van der Waals surface area (Å²) < 4.78 is 11.7. The largest absolute Gasteiger partial charge is 0.465 e. The molecule has 0 saturated heterocycles. The first-order valence-electron chi connectivity index (χ1n) is 24.0. The van der Waals surface area contributed by atoms with Gasteiger partial charge in [-0.3, -0.25) is 9.59 Å².